The Morgan fingerprint density at radius 1 is 1.47 bits per heavy atom. The van der Waals surface area contributed by atoms with Gasteiger partial charge in [0, 0.05) is 19.3 Å². The van der Waals surface area contributed by atoms with Crippen molar-refractivity contribution in [3.63, 3.8) is 0 Å². The number of halogens is 1. The molecule has 19 heavy (non-hydrogen) atoms. The number of aromatic nitrogens is 2. The molecule has 2 aromatic heterocycles. The van der Waals surface area contributed by atoms with Crippen LogP contribution in [-0.2, 0) is 16.6 Å². The summed E-state index contributed by atoms with van der Waals surface area (Å²) in [7, 11) is -2.67. The number of pyridine rings is 1. The van der Waals surface area contributed by atoms with Gasteiger partial charge in [-0.1, -0.05) is 5.16 Å². The Balaban J connectivity index is 2.27. The van der Waals surface area contributed by atoms with E-state index in [1.807, 2.05) is 0 Å². The van der Waals surface area contributed by atoms with Gasteiger partial charge in [-0.2, -0.15) is 4.31 Å². The molecule has 8 heteroatoms. The predicted molar refractivity (Wildman–Crippen MR) is 64.1 cm³/mol. The van der Waals surface area contributed by atoms with Crippen molar-refractivity contribution >= 4 is 10.0 Å². The Morgan fingerprint density at radius 3 is 2.79 bits per heavy atom. The van der Waals surface area contributed by atoms with Gasteiger partial charge < -0.3 is 4.52 Å². The van der Waals surface area contributed by atoms with E-state index < -0.39 is 20.9 Å². The molecule has 2 rings (SSSR count). The zero-order valence-corrected chi connectivity index (χ0v) is 11.2. The van der Waals surface area contributed by atoms with Crippen LogP contribution in [0.25, 0.3) is 0 Å². The highest BCUT2D eigenvalue weighted by molar-refractivity contribution is 7.89. The van der Waals surface area contributed by atoms with E-state index in [4.69, 9.17) is 4.52 Å². The van der Waals surface area contributed by atoms with Gasteiger partial charge in [0.15, 0.2) is 5.82 Å². The Hall–Kier alpha value is -1.80. The van der Waals surface area contributed by atoms with Crippen LogP contribution in [0.2, 0.25) is 0 Å². The molecular weight excluding hydrogens is 273 g/mol. The lowest BCUT2D eigenvalue weighted by molar-refractivity contribution is 0.377. The molecule has 102 valence electrons. The van der Waals surface area contributed by atoms with Gasteiger partial charge in [-0.3, -0.25) is 0 Å². The fourth-order valence-corrected chi connectivity index (χ4v) is 2.62. The lowest BCUT2D eigenvalue weighted by Gasteiger charge is -2.15. The third kappa shape index (κ3) is 2.79. The second-order valence-corrected chi connectivity index (χ2v) is 5.94. The zero-order valence-electron chi connectivity index (χ0n) is 10.4. The minimum Gasteiger partial charge on any atom is -0.361 e. The molecule has 0 unspecified atom stereocenters. The average molecular weight is 285 g/mol. The molecule has 2 aromatic rings. The molecule has 0 radical (unpaired) electrons. The number of hydrogen-bond acceptors (Lipinski definition) is 5. The van der Waals surface area contributed by atoms with Crippen LogP contribution in [0.5, 0.6) is 0 Å². The highest BCUT2D eigenvalue weighted by atomic mass is 32.2. The van der Waals surface area contributed by atoms with E-state index in [9.17, 15) is 12.8 Å². The quantitative estimate of drug-likeness (QED) is 0.847. The van der Waals surface area contributed by atoms with Gasteiger partial charge in [-0.15, -0.1) is 0 Å². The van der Waals surface area contributed by atoms with Crippen molar-refractivity contribution in [1.82, 2.24) is 14.4 Å². The first-order valence-corrected chi connectivity index (χ1v) is 6.84. The molecule has 0 atom stereocenters. The van der Waals surface area contributed by atoms with Crippen molar-refractivity contribution in [2.75, 3.05) is 7.05 Å². The highest BCUT2D eigenvalue weighted by Crippen LogP contribution is 2.17. The first-order chi connectivity index (χ1) is 8.91. The van der Waals surface area contributed by atoms with Crippen LogP contribution < -0.4 is 0 Å². The Kier molecular flexibility index (Phi) is 3.63. The maximum absolute atomic E-state index is 13.5. The summed E-state index contributed by atoms with van der Waals surface area (Å²) >= 11 is 0. The van der Waals surface area contributed by atoms with Crippen molar-refractivity contribution in [2.24, 2.45) is 0 Å². The maximum atomic E-state index is 13.5. The van der Waals surface area contributed by atoms with Gasteiger partial charge in [-0.25, -0.2) is 17.8 Å². The summed E-state index contributed by atoms with van der Waals surface area (Å²) < 4.78 is 43.6. The zero-order chi connectivity index (χ0) is 14.0. The summed E-state index contributed by atoms with van der Waals surface area (Å²) in [5, 5.41) is 3.09. The number of hydrogen-bond donors (Lipinski definition) is 0. The van der Waals surface area contributed by atoms with E-state index >= 15 is 0 Å². The third-order valence-electron chi connectivity index (χ3n) is 2.44. The predicted octanol–water partition coefficient (Wildman–Crippen LogP) is 1.34. The van der Waals surface area contributed by atoms with Crippen LogP contribution in [0, 0.1) is 12.7 Å². The first kappa shape index (κ1) is 13.6. The second kappa shape index (κ2) is 5.06. The topological polar surface area (TPSA) is 76.3 Å². The van der Waals surface area contributed by atoms with Crippen LogP contribution >= 0.6 is 0 Å². The van der Waals surface area contributed by atoms with E-state index in [1.54, 1.807) is 13.0 Å². The summed E-state index contributed by atoms with van der Waals surface area (Å²) in [6.07, 6.45) is 1.23. The summed E-state index contributed by atoms with van der Waals surface area (Å²) in [5.41, 5.74) is 0.444. The van der Waals surface area contributed by atoms with Crippen LogP contribution in [0.1, 0.15) is 11.5 Å². The molecule has 0 bridgehead atoms. The molecule has 0 aromatic carbocycles. The van der Waals surface area contributed by atoms with Crippen LogP contribution in [0.15, 0.2) is 33.9 Å². The van der Waals surface area contributed by atoms with Crippen LogP contribution in [0.4, 0.5) is 4.39 Å². The van der Waals surface area contributed by atoms with Crippen molar-refractivity contribution in [1.29, 1.82) is 0 Å². The molecule has 0 amide bonds. The van der Waals surface area contributed by atoms with E-state index in [-0.39, 0.29) is 6.54 Å². The summed E-state index contributed by atoms with van der Waals surface area (Å²) in [6.45, 7) is 1.68. The lowest BCUT2D eigenvalue weighted by atomic mass is 10.4. The lowest BCUT2D eigenvalue weighted by Crippen LogP contribution is -2.28. The van der Waals surface area contributed by atoms with Crippen LogP contribution in [0.3, 0.4) is 0 Å². The Labute approximate surface area is 109 Å². The van der Waals surface area contributed by atoms with Crippen molar-refractivity contribution in [3.05, 3.63) is 41.7 Å². The fourth-order valence-electron chi connectivity index (χ4n) is 1.51. The van der Waals surface area contributed by atoms with Gasteiger partial charge in [0.1, 0.15) is 5.76 Å². The number of nitrogens with zero attached hydrogens (tertiary/aromatic N) is 3. The second-order valence-electron chi connectivity index (χ2n) is 3.98. The standard InChI is InChI=1S/C11H12FN3O3S/c1-8-6-9(14-18-8)7-15(2)19(16,17)11-10(12)4-3-5-13-11/h3-6H,7H2,1-2H3. The molecule has 0 aliphatic heterocycles. The van der Waals surface area contributed by atoms with E-state index in [0.29, 0.717) is 11.5 Å². The molecule has 0 saturated heterocycles. The molecule has 0 spiro atoms. The molecule has 0 saturated carbocycles. The summed E-state index contributed by atoms with van der Waals surface area (Å²) in [6, 6.07) is 3.99. The van der Waals surface area contributed by atoms with Gasteiger partial charge in [0.2, 0.25) is 5.03 Å². The number of aryl methyl sites for hydroxylation is 1. The number of sulfonamides is 1. The molecular formula is C11H12FN3O3S. The molecule has 6 nitrogen and oxygen atoms in total. The number of rotatable bonds is 4. The van der Waals surface area contributed by atoms with Crippen LogP contribution in [-0.4, -0.2) is 29.9 Å². The molecule has 0 fully saturated rings. The van der Waals surface area contributed by atoms with E-state index in [0.717, 1.165) is 10.4 Å². The molecule has 0 N–H and O–H groups in total. The third-order valence-corrected chi connectivity index (χ3v) is 4.18. The minimum absolute atomic E-state index is 0.0182. The van der Waals surface area contributed by atoms with E-state index in [2.05, 4.69) is 10.1 Å². The monoisotopic (exact) mass is 285 g/mol. The average Bonchev–Trinajstić information content (AvgIpc) is 2.75. The maximum Gasteiger partial charge on any atom is 0.263 e. The molecule has 2 heterocycles. The van der Waals surface area contributed by atoms with Crippen molar-refractivity contribution in [3.8, 4) is 0 Å². The largest absolute Gasteiger partial charge is 0.361 e. The Morgan fingerprint density at radius 2 is 2.21 bits per heavy atom. The van der Waals surface area contributed by atoms with E-state index in [1.165, 1.54) is 19.3 Å². The molecule has 0 aliphatic carbocycles. The minimum atomic E-state index is -3.99. The van der Waals surface area contributed by atoms with Gasteiger partial charge >= 0.3 is 0 Å². The van der Waals surface area contributed by atoms with Gasteiger partial charge in [0.05, 0.1) is 12.2 Å². The fraction of sp³-hybridized carbons (Fsp3) is 0.273. The first-order valence-electron chi connectivity index (χ1n) is 5.40. The van der Waals surface area contributed by atoms with Crippen molar-refractivity contribution in [2.45, 2.75) is 18.5 Å². The summed E-state index contributed by atoms with van der Waals surface area (Å²) in [5.74, 6) is -0.310. The Bertz CT molecular complexity index is 684. The summed E-state index contributed by atoms with van der Waals surface area (Å²) in [4.78, 5) is 3.57. The van der Waals surface area contributed by atoms with Crippen molar-refractivity contribution < 1.29 is 17.3 Å². The van der Waals surface area contributed by atoms with Gasteiger partial charge in [-0.05, 0) is 19.1 Å². The SMILES string of the molecule is Cc1cc(CN(C)S(=O)(=O)c2ncccc2F)no1. The van der Waals surface area contributed by atoms with Gasteiger partial charge in [0.25, 0.3) is 10.0 Å². The smallest absolute Gasteiger partial charge is 0.263 e. The normalized spacial score (nSPS) is 12.0. The highest BCUT2D eigenvalue weighted by Gasteiger charge is 2.26. The molecule has 0 aliphatic rings.